The van der Waals surface area contributed by atoms with Crippen LogP contribution < -0.4 is 0 Å². The number of halogens is 1. The number of imidazole rings is 1. The molecular weight excluding hydrogens is 232 g/mol. The molecule has 0 aliphatic heterocycles. The smallest absolute Gasteiger partial charge is 0.137 e. The zero-order valence-electron chi connectivity index (χ0n) is 10.4. The predicted molar refractivity (Wildman–Crippen MR) is 72.2 cm³/mol. The summed E-state index contributed by atoms with van der Waals surface area (Å²) in [5.74, 6) is 1.27. The van der Waals surface area contributed by atoms with Gasteiger partial charge in [0.1, 0.15) is 5.82 Å². The van der Waals surface area contributed by atoms with Gasteiger partial charge in [-0.25, -0.2) is 4.98 Å². The van der Waals surface area contributed by atoms with E-state index in [2.05, 4.69) is 23.8 Å². The maximum atomic E-state index is 6.36. The summed E-state index contributed by atoms with van der Waals surface area (Å²) in [6.45, 7) is 6.23. The molecule has 2 rings (SSSR count). The van der Waals surface area contributed by atoms with Crippen molar-refractivity contribution < 1.29 is 0 Å². The number of hydrogen-bond acceptors (Lipinski definition) is 1. The van der Waals surface area contributed by atoms with Crippen molar-refractivity contribution in [2.75, 3.05) is 0 Å². The molecule has 1 N–H and O–H groups in total. The van der Waals surface area contributed by atoms with E-state index in [1.54, 1.807) is 0 Å². The average Bonchev–Trinajstić information content (AvgIpc) is 2.71. The normalized spacial score (nSPS) is 13.0. The number of H-pyrrole nitrogens is 1. The van der Waals surface area contributed by atoms with Crippen LogP contribution in [0.1, 0.15) is 30.6 Å². The fourth-order valence-corrected chi connectivity index (χ4v) is 2.00. The van der Waals surface area contributed by atoms with Crippen LogP contribution >= 0.6 is 11.6 Å². The lowest BCUT2D eigenvalue weighted by molar-refractivity contribution is 0.612. The molecule has 1 aromatic carbocycles. The molecular formula is C14H17ClN2. The first-order chi connectivity index (χ1) is 8.09. The van der Waals surface area contributed by atoms with Gasteiger partial charge in [-0.15, -0.1) is 11.6 Å². The largest absolute Gasteiger partial charge is 0.342 e. The van der Waals surface area contributed by atoms with Crippen molar-refractivity contribution in [3.8, 4) is 11.4 Å². The highest BCUT2D eigenvalue weighted by molar-refractivity contribution is 6.20. The molecule has 0 fully saturated rings. The fourth-order valence-electron chi connectivity index (χ4n) is 1.79. The number of aryl methyl sites for hydroxylation is 1. The highest BCUT2D eigenvalue weighted by atomic mass is 35.5. The van der Waals surface area contributed by atoms with Gasteiger partial charge in [0.25, 0.3) is 0 Å². The number of benzene rings is 1. The monoisotopic (exact) mass is 248 g/mol. The summed E-state index contributed by atoms with van der Waals surface area (Å²) >= 11 is 6.36. The number of hydrogen-bond donors (Lipinski definition) is 1. The van der Waals surface area contributed by atoms with Gasteiger partial charge in [-0.2, -0.15) is 0 Å². The molecule has 0 aliphatic carbocycles. The fraction of sp³-hybridized carbons (Fsp3) is 0.357. The summed E-state index contributed by atoms with van der Waals surface area (Å²) in [5, 5.41) is -0.0382. The average molecular weight is 249 g/mol. The molecule has 1 atom stereocenters. The van der Waals surface area contributed by atoms with Crippen LogP contribution in [0.25, 0.3) is 11.4 Å². The third-order valence-electron chi connectivity index (χ3n) is 2.82. The second kappa shape index (κ2) is 4.92. The van der Waals surface area contributed by atoms with Gasteiger partial charge in [-0.1, -0.05) is 44.2 Å². The van der Waals surface area contributed by atoms with Crippen molar-refractivity contribution in [3.63, 3.8) is 0 Å². The van der Waals surface area contributed by atoms with Crippen LogP contribution in [0.4, 0.5) is 0 Å². The lowest BCUT2D eigenvalue weighted by Gasteiger charge is -2.10. The van der Waals surface area contributed by atoms with E-state index in [1.165, 1.54) is 0 Å². The number of aromatic amines is 1. The van der Waals surface area contributed by atoms with E-state index in [0.29, 0.717) is 5.92 Å². The highest BCUT2D eigenvalue weighted by Gasteiger charge is 2.19. The van der Waals surface area contributed by atoms with Gasteiger partial charge in [0.2, 0.25) is 0 Å². The number of nitrogens with one attached hydrogen (secondary N) is 1. The van der Waals surface area contributed by atoms with E-state index in [-0.39, 0.29) is 5.38 Å². The molecule has 3 heteroatoms. The molecule has 1 heterocycles. The predicted octanol–water partition coefficient (Wildman–Crippen LogP) is 4.32. The summed E-state index contributed by atoms with van der Waals surface area (Å²) in [6, 6.07) is 10.1. The molecule has 0 saturated heterocycles. The minimum absolute atomic E-state index is 0.0382. The van der Waals surface area contributed by atoms with Crippen LogP contribution in [0.3, 0.4) is 0 Å². The zero-order chi connectivity index (χ0) is 12.4. The van der Waals surface area contributed by atoms with Gasteiger partial charge in [-0.05, 0) is 12.8 Å². The topological polar surface area (TPSA) is 28.7 Å². The summed E-state index contributed by atoms with van der Waals surface area (Å²) in [4.78, 5) is 7.91. The Labute approximate surface area is 107 Å². The van der Waals surface area contributed by atoms with Gasteiger partial charge >= 0.3 is 0 Å². The van der Waals surface area contributed by atoms with Crippen LogP contribution in [0.2, 0.25) is 0 Å². The van der Waals surface area contributed by atoms with E-state index in [9.17, 15) is 0 Å². The van der Waals surface area contributed by atoms with E-state index in [4.69, 9.17) is 11.6 Å². The van der Waals surface area contributed by atoms with Crippen LogP contribution in [0, 0.1) is 12.8 Å². The molecule has 0 aliphatic rings. The second-order valence-corrected chi connectivity index (χ2v) is 5.08. The quantitative estimate of drug-likeness (QED) is 0.805. The molecule has 0 spiro atoms. The van der Waals surface area contributed by atoms with Crippen LogP contribution in [0.15, 0.2) is 30.3 Å². The molecule has 1 aromatic heterocycles. The van der Waals surface area contributed by atoms with Crippen LogP contribution in [-0.2, 0) is 0 Å². The third kappa shape index (κ3) is 2.52. The van der Waals surface area contributed by atoms with Crippen LogP contribution in [-0.4, -0.2) is 9.97 Å². The maximum Gasteiger partial charge on any atom is 0.137 e. The van der Waals surface area contributed by atoms with Crippen molar-refractivity contribution in [3.05, 3.63) is 41.7 Å². The summed E-state index contributed by atoms with van der Waals surface area (Å²) in [6.07, 6.45) is 0. The van der Waals surface area contributed by atoms with Crippen molar-refractivity contribution in [1.29, 1.82) is 0 Å². The Morgan fingerprint density at radius 2 is 1.82 bits per heavy atom. The van der Waals surface area contributed by atoms with Gasteiger partial charge in [0, 0.05) is 11.3 Å². The minimum atomic E-state index is -0.0382. The Morgan fingerprint density at radius 1 is 1.18 bits per heavy atom. The van der Waals surface area contributed by atoms with E-state index >= 15 is 0 Å². The van der Waals surface area contributed by atoms with E-state index in [1.807, 2.05) is 37.3 Å². The summed E-state index contributed by atoms with van der Waals surface area (Å²) in [7, 11) is 0. The van der Waals surface area contributed by atoms with Crippen molar-refractivity contribution in [1.82, 2.24) is 9.97 Å². The Balaban J connectivity index is 2.37. The lowest BCUT2D eigenvalue weighted by Crippen LogP contribution is -2.01. The lowest BCUT2D eigenvalue weighted by atomic mass is 10.1. The molecule has 2 aromatic rings. The standard InChI is InChI=1S/C14H17ClN2/c1-9(2)12(15)13-10(3)16-14(17-13)11-7-5-4-6-8-11/h4-9,12H,1-3H3,(H,16,17). The number of rotatable bonds is 3. The maximum absolute atomic E-state index is 6.36. The number of aromatic nitrogens is 2. The Bertz CT molecular complexity index is 488. The second-order valence-electron chi connectivity index (χ2n) is 4.61. The summed E-state index contributed by atoms with van der Waals surface area (Å²) in [5.41, 5.74) is 3.10. The Hall–Kier alpha value is -1.28. The van der Waals surface area contributed by atoms with E-state index < -0.39 is 0 Å². The Morgan fingerprint density at radius 3 is 2.41 bits per heavy atom. The molecule has 90 valence electrons. The third-order valence-corrected chi connectivity index (χ3v) is 3.53. The molecule has 2 nitrogen and oxygen atoms in total. The first-order valence-electron chi connectivity index (χ1n) is 5.85. The highest BCUT2D eigenvalue weighted by Crippen LogP contribution is 2.31. The SMILES string of the molecule is Cc1[nH]c(-c2ccccc2)nc1C(Cl)C(C)C. The van der Waals surface area contributed by atoms with Gasteiger partial charge in [-0.3, -0.25) is 0 Å². The van der Waals surface area contributed by atoms with Crippen molar-refractivity contribution in [2.45, 2.75) is 26.1 Å². The number of nitrogens with zero attached hydrogens (tertiary/aromatic N) is 1. The minimum Gasteiger partial charge on any atom is -0.342 e. The molecule has 1 unspecified atom stereocenters. The van der Waals surface area contributed by atoms with Gasteiger partial charge in [0.05, 0.1) is 11.1 Å². The summed E-state index contributed by atoms with van der Waals surface area (Å²) < 4.78 is 0. The zero-order valence-corrected chi connectivity index (χ0v) is 11.1. The van der Waals surface area contributed by atoms with E-state index in [0.717, 1.165) is 22.8 Å². The first kappa shape index (κ1) is 12.2. The van der Waals surface area contributed by atoms with Crippen molar-refractivity contribution in [2.24, 2.45) is 5.92 Å². The Kier molecular flexibility index (Phi) is 3.53. The van der Waals surface area contributed by atoms with Crippen LogP contribution in [0.5, 0.6) is 0 Å². The molecule has 0 saturated carbocycles. The van der Waals surface area contributed by atoms with Gasteiger partial charge in [0.15, 0.2) is 0 Å². The first-order valence-corrected chi connectivity index (χ1v) is 6.29. The molecule has 0 amide bonds. The van der Waals surface area contributed by atoms with Crippen molar-refractivity contribution >= 4 is 11.6 Å². The molecule has 0 bridgehead atoms. The molecule has 0 radical (unpaired) electrons. The van der Waals surface area contributed by atoms with Gasteiger partial charge < -0.3 is 4.98 Å². The number of alkyl halides is 1. The molecule has 17 heavy (non-hydrogen) atoms.